The van der Waals surface area contributed by atoms with Crippen LogP contribution in [0.3, 0.4) is 0 Å². The van der Waals surface area contributed by atoms with Gasteiger partial charge >= 0.3 is 0 Å². The zero-order valence-electron chi connectivity index (χ0n) is 16.9. The number of hydrogen-bond acceptors (Lipinski definition) is 5. The fourth-order valence-corrected chi connectivity index (χ4v) is 5.46. The Hall–Kier alpha value is -2.32. The Bertz CT molecular complexity index is 1120. The van der Waals surface area contributed by atoms with Crippen LogP contribution in [0.2, 0.25) is 0 Å². The summed E-state index contributed by atoms with van der Waals surface area (Å²) in [6, 6.07) is 7.21. The van der Waals surface area contributed by atoms with Gasteiger partial charge < -0.3 is 0 Å². The molecule has 6 nitrogen and oxygen atoms in total. The van der Waals surface area contributed by atoms with Gasteiger partial charge in [-0.25, -0.2) is 8.42 Å². The van der Waals surface area contributed by atoms with Gasteiger partial charge in [0, 0.05) is 0 Å². The maximum atomic E-state index is 13.2. The monoisotopic (exact) mass is 416 g/mol. The highest BCUT2D eigenvalue weighted by Gasteiger charge is 2.24. The van der Waals surface area contributed by atoms with Crippen LogP contribution in [0, 0.1) is 34.6 Å². The Morgan fingerprint density at radius 2 is 1.57 bits per heavy atom. The molecule has 2 aromatic carbocycles. The molecule has 148 valence electrons. The first-order valence-corrected chi connectivity index (χ1v) is 11.5. The van der Waals surface area contributed by atoms with E-state index in [9.17, 15) is 8.42 Å². The van der Waals surface area contributed by atoms with Crippen molar-refractivity contribution in [2.24, 2.45) is 0 Å². The maximum Gasteiger partial charge on any atom is 0.262 e. The van der Waals surface area contributed by atoms with Crippen molar-refractivity contribution < 1.29 is 8.42 Å². The summed E-state index contributed by atoms with van der Waals surface area (Å²) in [5.74, 6) is 0. The third-order valence-electron chi connectivity index (χ3n) is 5.28. The van der Waals surface area contributed by atoms with E-state index in [4.69, 9.17) is 0 Å². The second-order valence-corrected chi connectivity index (χ2v) is 9.19. The molecule has 3 aromatic rings. The van der Waals surface area contributed by atoms with Crippen molar-refractivity contribution in [3.8, 4) is 5.69 Å². The van der Waals surface area contributed by atoms with Gasteiger partial charge in [-0.2, -0.15) is 0 Å². The van der Waals surface area contributed by atoms with E-state index < -0.39 is 10.0 Å². The molecule has 0 aliphatic rings. The van der Waals surface area contributed by atoms with Crippen LogP contribution in [0.15, 0.2) is 40.6 Å². The van der Waals surface area contributed by atoms with Gasteiger partial charge in [0.2, 0.25) is 0 Å². The van der Waals surface area contributed by atoms with E-state index in [1.807, 2.05) is 57.6 Å². The second kappa shape index (κ2) is 7.60. The van der Waals surface area contributed by atoms with Crippen molar-refractivity contribution in [2.75, 3.05) is 11.0 Å². The van der Waals surface area contributed by atoms with Crippen molar-refractivity contribution in [3.05, 3.63) is 58.4 Å². The van der Waals surface area contributed by atoms with Crippen LogP contribution in [-0.2, 0) is 10.0 Å². The summed E-state index contributed by atoms with van der Waals surface area (Å²) in [6.07, 6.45) is 3.53. The number of thioether (sulfide) groups is 1. The Labute approximate surface area is 170 Å². The number of hydrogen-bond donors (Lipinski definition) is 1. The number of benzene rings is 2. The van der Waals surface area contributed by atoms with Gasteiger partial charge in [0.05, 0.1) is 16.3 Å². The van der Waals surface area contributed by atoms with E-state index in [-0.39, 0.29) is 0 Å². The average molecular weight is 417 g/mol. The summed E-state index contributed by atoms with van der Waals surface area (Å²) in [6.45, 7) is 9.68. The first-order chi connectivity index (χ1) is 13.2. The summed E-state index contributed by atoms with van der Waals surface area (Å²) in [7, 11) is -3.73. The van der Waals surface area contributed by atoms with E-state index in [0.29, 0.717) is 10.6 Å². The largest absolute Gasteiger partial charge is 0.280 e. The van der Waals surface area contributed by atoms with Crippen LogP contribution in [0.5, 0.6) is 0 Å². The fraction of sp³-hybridized carbons (Fsp3) is 0.300. The first-order valence-electron chi connectivity index (χ1n) is 8.81. The number of aromatic nitrogens is 3. The minimum absolute atomic E-state index is 0.354. The molecule has 1 aromatic heterocycles. The molecule has 28 heavy (non-hydrogen) atoms. The lowest BCUT2D eigenvalue weighted by Crippen LogP contribution is -2.17. The molecule has 0 atom stereocenters. The first kappa shape index (κ1) is 20.4. The highest BCUT2D eigenvalue weighted by atomic mass is 32.2. The van der Waals surface area contributed by atoms with Crippen LogP contribution in [0.4, 0.5) is 5.69 Å². The van der Waals surface area contributed by atoms with Crippen molar-refractivity contribution in [2.45, 2.75) is 44.7 Å². The number of sulfonamides is 1. The summed E-state index contributed by atoms with van der Waals surface area (Å²) >= 11 is 1.47. The third kappa shape index (κ3) is 3.54. The Balaban J connectivity index is 2.05. The highest BCUT2D eigenvalue weighted by Crippen LogP contribution is 2.31. The topological polar surface area (TPSA) is 76.9 Å². The van der Waals surface area contributed by atoms with E-state index in [1.165, 1.54) is 11.8 Å². The summed E-state index contributed by atoms with van der Waals surface area (Å²) in [4.78, 5) is 0.354. The van der Waals surface area contributed by atoms with Crippen LogP contribution < -0.4 is 4.72 Å². The van der Waals surface area contributed by atoms with Crippen LogP contribution in [0.1, 0.15) is 27.8 Å². The van der Waals surface area contributed by atoms with Gasteiger partial charge in [0.15, 0.2) is 5.16 Å². The van der Waals surface area contributed by atoms with Gasteiger partial charge in [0.25, 0.3) is 10.0 Å². The van der Waals surface area contributed by atoms with Gasteiger partial charge in [-0.15, -0.1) is 10.2 Å². The quantitative estimate of drug-likeness (QED) is 0.627. The molecule has 3 rings (SSSR count). The Morgan fingerprint density at radius 1 is 0.964 bits per heavy atom. The number of nitrogens with zero attached hydrogens (tertiary/aromatic N) is 3. The molecule has 0 aliphatic heterocycles. The van der Waals surface area contributed by atoms with Gasteiger partial charge in [-0.1, -0.05) is 17.8 Å². The average Bonchev–Trinajstić information content (AvgIpc) is 3.13. The summed E-state index contributed by atoms with van der Waals surface area (Å²) in [5, 5.41) is 8.71. The lowest BCUT2D eigenvalue weighted by molar-refractivity contribution is 0.599. The Kier molecular flexibility index (Phi) is 5.54. The smallest absolute Gasteiger partial charge is 0.262 e. The number of anilines is 1. The lowest BCUT2D eigenvalue weighted by Gasteiger charge is -2.19. The minimum atomic E-state index is -3.73. The number of rotatable bonds is 5. The highest BCUT2D eigenvalue weighted by molar-refractivity contribution is 7.98. The van der Waals surface area contributed by atoms with Gasteiger partial charge in [-0.3, -0.25) is 9.29 Å². The third-order valence-corrected chi connectivity index (χ3v) is 7.57. The van der Waals surface area contributed by atoms with Gasteiger partial charge in [-0.05, 0) is 86.9 Å². The van der Waals surface area contributed by atoms with Crippen molar-refractivity contribution in [3.63, 3.8) is 0 Å². The zero-order chi connectivity index (χ0) is 20.6. The molecular formula is C20H24N4O2S2. The molecular weight excluding hydrogens is 392 g/mol. The minimum Gasteiger partial charge on any atom is -0.280 e. The molecule has 0 radical (unpaired) electrons. The molecule has 0 saturated carbocycles. The maximum absolute atomic E-state index is 13.2. The SMILES string of the molecule is CSc1nncn1-c1cccc(NS(=O)(=O)c2c(C)c(C)c(C)c(C)c2C)c1. The normalized spacial score (nSPS) is 11.6. The standard InChI is InChI=1S/C20H24N4O2S2/c1-12-13(2)15(4)19(16(5)14(12)3)28(25,26)23-17-8-7-9-18(10-17)24-11-21-22-20(24)27-6/h7-11,23H,1-6H3. The van der Waals surface area contributed by atoms with Crippen molar-refractivity contribution in [1.82, 2.24) is 14.8 Å². The summed E-state index contributed by atoms with van der Waals surface area (Å²) in [5.41, 5.74) is 6.00. The molecule has 0 aliphatic carbocycles. The molecule has 1 N–H and O–H groups in total. The molecule has 8 heteroatoms. The molecule has 0 saturated heterocycles. The van der Waals surface area contributed by atoms with Crippen molar-refractivity contribution in [1.29, 1.82) is 0 Å². The Morgan fingerprint density at radius 3 is 2.18 bits per heavy atom. The molecule has 0 bridgehead atoms. The number of nitrogens with one attached hydrogen (secondary N) is 1. The van der Waals surface area contributed by atoms with E-state index in [0.717, 1.165) is 38.7 Å². The van der Waals surface area contributed by atoms with Crippen LogP contribution in [-0.4, -0.2) is 29.4 Å². The predicted molar refractivity (Wildman–Crippen MR) is 114 cm³/mol. The molecule has 0 spiro atoms. The van der Waals surface area contributed by atoms with E-state index in [1.54, 1.807) is 18.5 Å². The zero-order valence-corrected chi connectivity index (χ0v) is 18.5. The van der Waals surface area contributed by atoms with Crippen LogP contribution >= 0.6 is 11.8 Å². The fourth-order valence-electron chi connectivity index (χ4n) is 3.33. The summed E-state index contributed by atoms with van der Waals surface area (Å²) < 4.78 is 31.0. The molecule has 1 heterocycles. The predicted octanol–water partition coefficient (Wildman–Crippen LogP) is 4.33. The lowest BCUT2D eigenvalue weighted by atomic mass is 9.95. The van der Waals surface area contributed by atoms with E-state index in [2.05, 4.69) is 14.9 Å². The van der Waals surface area contributed by atoms with E-state index >= 15 is 0 Å². The van der Waals surface area contributed by atoms with Crippen molar-refractivity contribution >= 4 is 27.5 Å². The molecule has 0 fully saturated rings. The van der Waals surface area contributed by atoms with Crippen LogP contribution in [0.25, 0.3) is 5.69 Å². The molecule has 0 unspecified atom stereocenters. The second-order valence-electron chi connectivity index (χ2n) is 6.80. The van der Waals surface area contributed by atoms with Gasteiger partial charge in [0.1, 0.15) is 6.33 Å². The molecule has 0 amide bonds.